The molecule has 0 aliphatic rings. The summed E-state index contributed by atoms with van der Waals surface area (Å²) in [6.45, 7) is 1.97. The molecular formula is C12H12N4. The van der Waals surface area contributed by atoms with Gasteiger partial charge < -0.3 is 4.98 Å². The smallest absolute Gasteiger partial charge is 0.110 e. The maximum atomic E-state index is 8.52. The predicted molar refractivity (Wildman–Crippen MR) is 60.5 cm³/mol. The lowest BCUT2D eigenvalue weighted by Crippen LogP contribution is -1.87. The van der Waals surface area contributed by atoms with E-state index in [2.05, 4.69) is 21.0 Å². The summed E-state index contributed by atoms with van der Waals surface area (Å²) in [7, 11) is 0. The van der Waals surface area contributed by atoms with Crippen LogP contribution in [0.2, 0.25) is 0 Å². The second kappa shape index (κ2) is 4.58. The van der Waals surface area contributed by atoms with Gasteiger partial charge >= 0.3 is 0 Å². The fourth-order valence-electron chi connectivity index (χ4n) is 1.57. The lowest BCUT2D eigenvalue weighted by Gasteiger charge is -1.95. The number of nitriles is 1. The van der Waals surface area contributed by atoms with Crippen LogP contribution in [0, 0.1) is 18.3 Å². The molecule has 2 aromatic rings. The second-order valence-electron chi connectivity index (χ2n) is 3.53. The van der Waals surface area contributed by atoms with E-state index in [-0.39, 0.29) is 0 Å². The summed E-state index contributed by atoms with van der Waals surface area (Å²) in [5.74, 6) is 0.847. The Labute approximate surface area is 94.0 Å². The molecule has 0 atom stereocenters. The largest absolute Gasteiger partial charge is 0.345 e. The maximum Gasteiger partial charge on any atom is 0.110 e. The van der Waals surface area contributed by atoms with Crippen LogP contribution < -0.4 is 0 Å². The average molecular weight is 212 g/mol. The van der Waals surface area contributed by atoms with Gasteiger partial charge in [-0.1, -0.05) is 6.07 Å². The second-order valence-corrected chi connectivity index (χ2v) is 3.53. The Morgan fingerprint density at radius 1 is 1.44 bits per heavy atom. The molecule has 80 valence electrons. The highest BCUT2D eigenvalue weighted by Crippen LogP contribution is 2.18. The highest BCUT2D eigenvalue weighted by Gasteiger charge is 2.08. The van der Waals surface area contributed by atoms with Crippen molar-refractivity contribution in [3.63, 3.8) is 0 Å². The normalized spacial score (nSPS) is 10.0. The zero-order chi connectivity index (χ0) is 11.4. The van der Waals surface area contributed by atoms with E-state index in [1.807, 2.05) is 25.1 Å². The first kappa shape index (κ1) is 10.4. The molecule has 0 saturated heterocycles. The minimum Gasteiger partial charge on any atom is -0.345 e. The number of aryl methyl sites for hydroxylation is 2. The van der Waals surface area contributed by atoms with Crippen molar-refractivity contribution in [3.8, 4) is 17.5 Å². The fourth-order valence-corrected chi connectivity index (χ4v) is 1.57. The van der Waals surface area contributed by atoms with E-state index in [4.69, 9.17) is 5.26 Å². The van der Waals surface area contributed by atoms with Crippen molar-refractivity contribution in [2.45, 2.75) is 19.8 Å². The number of aromatic amines is 1. The molecule has 0 aromatic carbocycles. The Hall–Kier alpha value is -2.15. The first-order valence-electron chi connectivity index (χ1n) is 5.15. The number of rotatable bonds is 3. The highest BCUT2D eigenvalue weighted by molar-refractivity contribution is 5.56. The Morgan fingerprint density at radius 2 is 2.31 bits per heavy atom. The zero-order valence-electron chi connectivity index (χ0n) is 9.07. The summed E-state index contributed by atoms with van der Waals surface area (Å²) in [5.41, 5.74) is 2.72. The van der Waals surface area contributed by atoms with Crippen molar-refractivity contribution in [2.24, 2.45) is 0 Å². The summed E-state index contributed by atoms with van der Waals surface area (Å²) in [6, 6.07) is 7.85. The third-order valence-corrected chi connectivity index (χ3v) is 2.31. The van der Waals surface area contributed by atoms with Gasteiger partial charge in [0.15, 0.2) is 0 Å². The SMILES string of the molecule is Cc1[nH]c(CCC#N)nc1-c1ccccn1. The van der Waals surface area contributed by atoms with Gasteiger partial charge in [0.05, 0.1) is 11.8 Å². The van der Waals surface area contributed by atoms with Crippen LogP contribution in [0.4, 0.5) is 0 Å². The molecule has 0 radical (unpaired) electrons. The number of aromatic nitrogens is 3. The number of hydrogen-bond donors (Lipinski definition) is 1. The molecule has 16 heavy (non-hydrogen) atoms. The fraction of sp³-hybridized carbons (Fsp3) is 0.250. The standard InChI is InChI=1S/C12H12N4/c1-9-12(10-5-2-3-8-14-10)16-11(15-9)6-4-7-13/h2-3,5,8H,4,6H2,1H3,(H,15,16). The minimum absolute atomic E-state index is 0.481. The van der Waals surface area contributed by atoms with Crippen LogP contribution in [0.5, 0.6) is 0 Å². The molecule has 4 heteroatoms. The van der Waals surface area contributed by atoms with Crippen molar-refractivity contribution in [2.75, 3.05) is 0 Å². The number of imidazole rings is 1. The predicted octanol–water partition coefficient (Wildman–Crippen LogP) is 2.24. The molecule has 2 rings (SSSR count). The van der Waals surface area contributed by atoms with E-state index in [0.29, 0.717) is 12.8 Å². The molecule has 0 amide bonds. The van der Waals surface area contributed by atoms with Gasteiger partial charge in [-0.3, -0.25) is 4.98 Å². The van der Waals surface area contributed by atoms with Gasteiger partial charge in [0, 0.05) is 24.7 Å². The summed E-state index contributed by atoms with van der Waals surface area (Å²) in [5, 5.41) is 8.52. The summed E-state index contributed by atoms with van der Waals surface area (Å²) >= 11 is 0. The van der Waals surface area contributed by atoms with Crippen LogP contribution >= 0.6 is 0 Å². The summed E-state index contributed by atoms with van der Waals surface area (Å²) in [4.78, 5) is 11.9. The summed E-state index contributed by atoms with van der Waals surface area (Å²) in [6.07, 6.45) is 2.89. The van der Waals surface area contributed by atoms with Crippen molar-refractivity contribution < 1.29 is 0 Å². The van der Waals surface area contributed by atoms with Gasteiger partial charge in [-0.05, 0) is 19.1 Å². The van der Waals surface area contributed by atoms with Gasteiger partial charge in [-0.2, -0.15) is 5.26 Å². The average Bonchev–Trinajstić information content (AvgIpc) is 2.69. The Kier molecular flexibility index (Phi) is 2.97. The van der Waals surface area contributed by atoms with E-state index in [1.54, 1.807) is 6.20 Å². The third-order valence-electron chi connectivity index (χ3n) is 2.31. The van der Waals surface area contributed by atoms with Gasteiger partial charge in [0.2, 0.25) is 0 Å². The third kappa shape index (κ3) is 2.09. The number of H-pyrrole nitrogens is 1. The van der Waals surface area contributed by atoms with E-state index >= 15 is 0 Å². The van der Waals surface area contributed by atoms with Crippen LogP contribution in [0.15, 0.2) is 24.4 Å². The first-order chi connectivity index (χ1) is 7.81. The van der Waals surface area contributed by atoms with E-state index in [1.165, 1.54) is 0 Å². The number of nitrogens with zero attached hydrogens (tertiary/aromatic N) is 3. The van der Waals surface area contributed by atoms with E-state index < -0.39 is 0 Å². The molecule has 0 unspecified atom stereocenters. The van der Waals surface area contributed by atoms with Gasteiger partial charge in [0.25, 0.3) is 0 Å². The highest BCUT2D eigenvalue weighted by atomic mass is 14.9. The zero-order valence-corrected chi connectivity index (χ0v) is 9.07. The Bertz CT molecular complexity index is 508. The van der Waals surface area contributed by atoms with Gasteiger partial charge in [0.1, 0.15) is 11.5 Å². The molecule has 0 spiro atoms. The molecule has 4 nitrogen and oxygen atoms in total. The molecule has 1 N–H and O–H groups in total. The molecule has 0 bridgehead atoms. The Balaban J connectivity index is 2.29. The van der Waals surface area contributed by atoms with Crippen LogP contribution in [0.25, 0.3) is 11.4 Å². The van der Waals surface area contributed by atoms with E-state index in [0.717, 1.165) is 22.9 Å². The maximum absolute atomic E-state index is 8.52. The number of nitrogens with one attached hydrogen (secondary N) is 1. The monoisotopic (exact) mass is 212 g/mol. The molecule has 2 aromatic heterocycles. The van der Waals surface area contributed by atoms with Crippen molar-refractivity contribution in [1.29, 1.82) is 5.26 Å². The first-order valence-corrected chi connectivity index (χ1v) is 5.15. The number of pyridine rings is 1. The van der Waals surface area contributed by atoms with Crippen molar-refractivity contribution in [3.05, 3.63) is 35.9 Å². The summed E-state index contributed by atoms with van der Waals surface area (Å²) < 4.78 is 0. The Morgan fingerprint density at radius 3 is 3.00 bits per heavy atom. The lowest BCUT2D eigenvalue weighted by atomic mass is 10.2. The molecular weight excluding hydrogens is 200 g/mol. The van der Waals surface area contributed by atoms with Gasteiger partial charge in [-0.25, -0.2) is 4.98 Å². The van der Waals surface area contributed by atoms with Crippen LogP contribution in [0.3, 0.4) is 0 Å². The lowest BCUT2D eigenvalue weighted by molar-refractivity contribution is 0.913. The quantitative estimate of drug-likeness (QED) is 0.848. The molecule has 0 fully saturated rings. The van der Waals surface area contributed by atoms with Crippen LogP contribution in [0.1, 0.15) is 17.9 Å². The number of hydrogen-bond acceptors (Lipinski definition) is 3. The van der Waals surface area contributed by atoms with E-state index in [9.17, 15) is 0 Å². The molecule has 2 heterocycles. The van der Waals surface area contributed by atoms with Crippen LogP contribution in [-0.2, 0) is 6.42 Å². The topological polar surface area (TPSA) is 65.4 Å². The molecule has 0 saturated carbocycles. The van der Waals surface area contributed by atoms with Crippen molar-refractivity contribution in [1.82, 2.24) is 15.0 Å². The van der Waals surface area contributed by atoms with Crippen LogP contribution in [-0.4, -0.2) is 15.0 Å². The van der Waals surface area contributed by atoms with Crippen molar-refractivity contribution >= 4 is 0 Å². The molecule has 0 aliphatic heterocycles. The molecule has 0 aliphatic carbocycles. The van der Waals surface area contributed by atoms with Gasteiger partial charge in [-0.15, -0.1) is 0 Å². The minimum atomic E-state index is 0.481.